The van der Waals surface area contributed by atoms with Crippen molar-refractivity contribution in [2.75, 3.05) is 5.32 Å². The van der Waals surface area contributed by atoms with Crippen LogP contribution in [0.5, 0.6) is 5.75 Å². The second-order valence-electron chi connectivity index (χ2n) is 7.82. The van der Waals surface area contributed by atoms with Gasteiger partial charge in [0.05, 0.1) is 11.1 Å². The van der Waals surface area contributed by atoms with Gasteiger partial charge >= 0.3 is 0 Å². The van der Waals surface area contributed by atoms with Crippen molar-refractivity contribution in [1.82, 2.24) is 4.98 Å². The number of phenolic OH excluding ortho intramolecular Hbond substituents is 1. The Morgan fingerprint density at radius 3 is 2.36 bits per heavy atom. The van der Waals surface area contributed by atoms with Crippen LogP contribution in [0.15, 0.2) is 54.6 Å². The maximum absolute atomic E-state index is 13.0. The third kappa shape index (κ3) is 3.38. The van der Waals surface area contributed by atoms with Crippen LogP contribution in [0.25, 0.3) is 11.3 Å². The molecule has 2 N–H and O–H groups in total. The van der Waals surface area contributed by atoms with Gasteiger partial charge in [-0.2, -0.15) is 0 Å². The summed E-state index contributed by atoms with van der Waals surface area (Å²) >= 11 is 0. The van der Waals surface area contributed by atoms with Crippen LogP contribution in [0.4, 0.5) is 5.82 Å². The van der Waals surface area contributed by atoms with E-state index in [0.29, 0.717) is 5.82 Å². The number of hydrogen-bond donors (Lipinski definition) is 2. The van der Waals surface area contributed by atoms with Crippen molar-refractivity contribution < 1.29 is 9.90 Å². The van der Waals surface area contributed by atoms with Crippen LogP contribution in [0.3, 0.4) is 0 Å². The lowest BCUT2D eigenvalue weighted by Crippen LogP contribution is -2.28. The molecule has 1 saturated carbocycles. The number of benzene rings is 2. The number of aromatic hydroxyl groups is 1. The molecule has 0 bridgehead atoms. The van der Waals surface area contributed by atoms with E-state index in [9.17, 15) is 9.90 Å². The standard InChI is InChI=1S/C24H24N2O2/c1-15-11-16(2)13-18(12-15)20-5-4-6-22(25-20)26-23(28)24(9-10-24)19-8-7-17(3)21(27)14-19/h4-8,11-14,27H,9-10H2,1-3H3,(H,25,26,28). The number of nitrogens with one attached hydrogen (secondary N) is 1. The lowest BCUT2D eigenvalue weighted by Gasteiger charge is -2.17. The summed E-state index contributed by atoms with van der Waals surface area (Å²) < 4.78 is 0. The second-order valence-corrected chi connectivity index (χ2v) is 7.82. The van der Waals surface area contributed by atoms with Gasteiger partial charge in [0.25, 0.3) is 0 Å². The van der Waals surface area contributed by atoms with Gasteiger partial charge in [-0.15, -0.1) is 0 Å². The predicted octanol–water partition coefficient (Wildman–Crippen LogP) is 5.05. The van der Waals surface area contributed by atoms with Crippen LogP contribution in [-0.4, -0.2) is 16.0 Å². The SMILES string of the molecule is Cc1cc(C)cc(-c2cccc(NC(=O)C3(c4ccc(C)c(O)c4)CC3)n2)c1. The van der Waals surface area contributed by atoms with Crippen LogP contribution < -0.4 is 5.32 Å². The average molecular weight is 372 g/mol. The summed E-state index contributed by atoms with van der Waals surface area (Å²) in [5.74, 6) is 0.705. The summed E-state index contributed by atoms with van der Waals surface area (Å²) in [6.07, 6.45) is 1.55. The van der Waals surface area contributed by atoms with E-state index in [1.807, 2.05) is 37.3 Å². The smallest absolute Gasteiger partial charge is 0.236 e. The fourth-order valence-electron chi connectivity index (χ4n) is 3.70. The fraction of sp³-hybridized carbons (Fsp3) is 0.250. The monoisotopic (exact) mass is 372 g/mol. The molecular weight excluding hydrogens is 348 g/mol. The number of aryl methyl sites for hydroxylation is 3. The van der Waals surface area contributed by atoms with Crippen molar-refractivity contribution in [3.8, 4) is 17.0 Å². The first-order valence-electron chi connectivity index (χ1n) is 9.55. The van der Waals surface area contributed by atoms with Gasteiger partial charge in [0, 0.05) is 5.56 Å². The van der Waals surface area contributed by atoms with Crippen molar-refractivity contribution in [2.24, 2.45) is 0 Å². The maximum Gasteiger partial charge on any atom is 0.236 e. The zero-order valence-electron chi connectivity index (χ0n) is 16.4. The molecule has 28 heavy (non-hydrogen) atoms. The third-order valence-electron chi connectivity index (χ3n) is 5.45. The van der Waals surface area contributed by atoms with Crippen molar-refractivity contribution >= 4 is 11.7 Å². The van der Waals surface area contributed by atoms with Crippen LogP contribution in [0, 0.1) is 20.8 Å². The summed E-state index contributed by atoms with van der Waals surface area (Å²) in [4.78, 5) is 17.7. The number of aromatic nitrogens is 1. The summed E-state index contributed by atoms with van der Waals surface area (Å²) in [5, 5.41) is 13.0. The average Bonchev–Trinajstić information content (AvgIpc) is 3.45. The fourth-order valence-corrected chi connectivity index (χ4v) is 3.70. The molecule has 0 unspecified atom stereocenters. The van der Waals surface area contributed by atoms with Crippen LogP contribution in [0.2, 0.25) is 0 Å². The highest BCUT2D eigenvalue weighted by Gasteiger charge is 2.51. The molecule has 4 heteroatoms. The van der Waals surface area contributed by atoms with Crippen LogP contribution in [-0.2, 0) is 10.2 Å². The lowest BCUT2D eigenvalue weighted by molar-refractivity contribution is -0.118. The molecule has 4 rings (SSSR count). The van der Waals surface area contributed by atoms with E-state index in [4.69, 9.17) is 0 Å². The Labute approximate surface area is 165 Å². The molecule has 1 aliphatic rings. The van der Waals surface area contributed by atoms with Crippen molar-refractivity contribution in [2.45, 2.75) is 39.0 Å². The van der Waals surface area contributed by atoms with E-state index in [-0.39, 0.29) is 11.7 Å². The number of nitrogens with zero attached hydrogens (tertiary/aromatic N) is 1. The molecule has 1 aliphatic carbocycles. The van der Waals surface area contributed by atoms with E-state index < -0.39 is 5.41 Å². The predicted molar refractivity (Wildman–Crippen MR) is 112 cm³/mol. The third-order valence-corrected chi connectivity index (χ3v) is 5.45. The second kappa shape index (κ2) is 6.79. The molecule has 2 aromatic carbocycles. The highest BCUT2D eigenvalue weighted by molar-refractivity contribution is 6.01. The summed E-state index contributed by atoms with van der Waals surface area (Å²) in [5.41, 5.74) is 5.34. The Kier molecular flexibility index (Phi) is 4.42. The largest absolute Gasteiger partial charge is 0.508 e. The zero-order valence-corrected chi connectivity index (χ0v) is 16.4. The topological polar surface area (TPSA) is 62.2 Å². The van der Waals surface area contributed by atoms with E-state index in [1.54, 1.807) is 6.07 Å². The molecule has 1 fully saturated rings. The van der Waals surface area contributed by atoms with Crippen molar-refractivity contribution in [1.29, 1.82) is 0 Å². The molecule has 1 heterocycles. The van der Waals surface area contributed by atoms with E-state index in [2.05, 4.69) is 42.3 Å². The van der Waals surface area contributed by atoms with Gasteiger partial charge in [-0.1, -0.05) is 35.4 Å². The zero-order chi connectivity index (χ0) is 19.9. The van der Waals surface area contributed by atoms with E-state index in [1.165, 1.54) is 11.1 Å². The number of rotatable bonds is 4. The maximum atomic E-state index is 13.0. The van der Waals surface area contributed by atoms with Gasteiger partial charge in [-0.3, -0.25) is 4.79 Å². The first-order chi connectivity index (χ1) is 13.4. The number of pyridine rings is 1. The minimum absolute atomic E-state index is 0.0687. The molecule has 3 aromatic rings. The van der Waals surface area contributed by atoms with E-state index in [0.717, 1.165) is 35.2 Å². The van der Waals surface area contributed by atoms with Gasteiger partial charge < -0.3 is 10.4 Å². The van der Waals surface area contributed by atoms with Gasteiger partial charge in [0.15, 0.2) is 0 Å². The Hall–Kier alpha value is -3.14. The molecule has 0 atom stereocenters. The number of amides is 1. The molecule has 4 nitrogen and oxygen atoms in total. The molecule has 142 valence electrons. The molecule has 1 aromatic heterocycles. The molecular formula is C24H24N2O2. The molecule has 1 amide bonds. The molecule has 0 spiro atoms. The van der Waals surface area contributed by atoms with Gasteiger partial charge in [0.1, 0.15) is 11.6 Å². The van der Waals surface area contributed by atoms with Crippen molar-refractivity contribution in [3.63, 3.8) is 0 Å². The minimum Gasteiger partial charge on any atom is -0.508 e. The Morgan fingerprint density at radius 1 is 1.00 bits per heavy atom. The first kappa shape index (κ1) is 18.2. The van der Waals surface area contributed by atoms with Crippen LogP contribution in [0.1, 0.15) is 35.1 Å². The molecule has 0 saturated heterocycles. The van der Waals surface area contributed by atoms with Gasteiger partial charge in [-0.05, 0) is 75.1 Å². The number of phenols is 1. The first-order valence-corrected chi connectivity index (χ1v) is 9.55. The van der Waals surface area contributed by atoms with E-state index >= 15 is 0 Å². The molecule has 0 radical (unpaired) electrons. The highest BCUT2D eigenvalue weighted by atomic mass is 16.3. The van der Waals surface area contributed by atoms with Crippen LogP contribution >= 0.6 is 0 Å². The number of carbonyl (C=O) groups excluding carboxylic acids is 1. The Morgan fingerprint density at radius 2 is 1.71 bits per heavy atom. The summed E-state index contributed by atoms with van der Waals surface area (Å²) in [6, 6.07) is 17.5. The number of hydrogen-bond acceptors (Lipinski definition) is 3. The number of anilines is 1. The lowest BCUT2D eigenvalue weighted by atomic mass is 9.93. The summed E-state index contributed by atoms with van der Waals surface area (Å²) in [6.45, 7) is 5.98. The Bertz CT molecular complexity index is 1050. The molecule has 0 aliphatic heterocycles. The van der Waals surface area contributed by atoms with Gasteiger partial charge in [0.2, 0.25) is 5.91 Å². The van der Waals surface area contributed by atoms with Gasteiger partial charge in [-0.25, -0.2) is 4.98 Å². The van der Waals surface area contributed by atoms with Crippen molar-refractivity contribution in [3.05, 3.63) is 76.9 Å². The summed E-state index contributed by atoms with van der Waals surface area (Å²) in [7, 11) is 0. The Balaban J connectivity index is 1.59. The quantitative estimate of drug-likeness (QED) is 0.674. The minimum atomic E-state index is -0.567. The normalized spacial score (nSPS) is 14.5. The highest BCUT2D eigenvalue weighted by Crippen LogP contribution is 2.49. The number of carbonyl (C=O) groups is 1.